The number of nitrogens with two attached hydrogens (primary N) is 2. The van der Waals surface area contributed by atoms with E-state index in [2.05, 4.69) is 63.7 Å². The SMILES string of the molecule is CCCOCCOCCOCCOCCOCCNC(=O)COc1ccc(-c2n[nH]c3c2C(=O)c2c(NC(=O)NN4CCOCC4)cccc2-3)cc1.CNC(=O)CCC(NC(=O)c1ccc(N(C)Cc2cnc3nc(N)nc(N)c3n2)cc1)C(=O)O. The summed E-state index contributed by atoms with van der Waals surface area (Å²) in [6.45, 7) is 9.92. The molecule has 1 fully saturated rings. The van der Waals surface area contributed by atoms with Gasteiger partial charge in [-0.15, -0.1) is 0 Å². The molecular weight excluding hydrogens is 1120 g/mol. The van der Waals surface area contributed by atoms with E-state index >= 15 is 0 Å². The molecule has 29 heteroatoms. The van der Waals surface area contributed by atoms with Crippen molar-refractivity contribution in [2.24, 2.45) is 0 Å². The number of H-pyrrole nitrogens is 1. The standard InChI is InChI=1S/C36H48N6O10.C21H25N9O4/c1-2-13-46-17-19-49-21-23-51-24-22-50-20-18-47-14-10-37-30(43)25-52-27-8-6-26(7-9-27)33-32-34(40-39-33)28-4-3-5-29(31(28)35(32)44)38-36(45)41-42-11-15-48-16-12-42;1-24-15(31)8-7-14(20(33)34)27-19(32)11-3-5-13(6-4-11)30(2)10-12-9-25-18-16(26-12)17(22)28-21(23)29-18/h3-9H,2,10-25H2,1H3,(H,37,43)(H,39,40)(H2,38,41,45);3-6,9,14H,7-8,10H2,1-2H3,(H,24,31)(H,27,32)(H,33,34)(H4,22,23,25,28,29). The average Bonchev–Trinajstić information content (AvgIpc) is 2.27. The van der Waals surface area contributed by atoms with E-state index in [9.17, 15) is 33.9 Å². The zero-order chi connectivity index (χ0) is 61.2. The van der Waals surface area contributed by atoms with Crippen molar-refractivity contribution in [3.8, 4) is 28.3 Å². The molecule has 6 aromatic rings. The first-order chi connectivity index (χ1) is 41.7. The lowest BCUT2D eigenvalue weighted by atomic mass is 10.0. The van der Waals surface area contributed by atoms with E-state index in [0.717, 1.165) is 18.7 Å². The number of aromatic amines is 1. The Morgan fingerprint density at radius 2 is 1.48 bits per heavy atom. The van der Waals surface area contributed by atoms with Gasteiger partial charge in [-0.1, -0.05) is 19.1 Å². The number of nitrogens with zero attached hydrogens (tertiary/aromatic N) is 7. The number of ketones is 1. The van der Waals surface area contributed by atoms with E-state index in [1.165, 1.54) is 7.05 Å². The van der Waals surface area contributed by atoms with Crippen molar-refractivity contribution in [1.29, 1.82) is 0 Å². The molecule has 1 aliphatic carbocycles. The first kappa shape index (κ1) is 64.6. The summed E-state index contributed by atoms with van der Waals surface area (Å²) >= 11 is 0. The predicted octanol–water partition coefficient (Wildman–Crippen LogP) is 2.57. The Morgan fingerprint density at radius 3 is 2.13 bits per heavy atom. The van der Waals surface area contributed by atoms with Crippen molar-refractivity contribution in [2.45, 2.75) is 38.8 Å². The molecule has 11 N–H and O–H groups in total. The number of aliphatic carboxylic acids is 1. The van der Waals surface area contributed by atoms with Gasteiger partial charge in [0.25, 0.3) is 11.8 Å². The highest BCUT2D eigenvalue weighted by molar-refractivity contribution is 6.27. The van der Waals surface area contributed by atoms with Gasteiger partial charge in [0.2, 0.25) is 11.9 Å². The van der Waals surface area contributed by atoms with E-state index in [4.69, 9.17) is 44.6 Å². The predicted molar refractivity (Wildman–Crippen MR) is 315 cm³/mol. The number of nitrogen functional groups attached to an aromatic ring is 2. The van der Waals surface area contributed by atoms with E-state index in [-0.39, 0.29) is 54.4 Å². The number of fused-ring (bicyclic) bond motifs is 4. The Morgan fingerprint density at radius 1 is 0.814 bits per heavy atom. The van der Waals surface area contributed by atoms with Gasteiger partial charge in [-0.05, 0) is 67.4 Å². The first-order valence-corrected chi connectivity index (χ1v) is 27.9. The van der Waals surface area contributed by atoms with Crippen molar-refractivity contribution >= 4 is 69.8 Å². The number of anilines is 4. The number of rotatable bonds is 32. The largest absolute Gasteiger partial charge is 0.484 e. The Bertz CT molecular complexity index is 3220. The molecule has 3 aromatic carbocycles. The van der Waals surface area contributed by atoms with E-state index in [0.29, 0.717) is 161 Å². The Kier molecular flexibility index (Phi) is 25.2. The number of hydrogen-bond donors (Lipinski definition) is 9. The summed E-state index contributed by atoms with van der Waals surface area (Å²) in [5.41, 5.74) is 20.3. The molecule has 86 heavy (non-hydrogen) atoms. The minimum atomic E-state index is -1.21. The zero-order valence-electron chi connectivity index (χ0n) is 48.2. The van der Waals surface area contributed by atoms with Gasteiger partial charge < -0.3 is 75.9 Å². The van der Waals surface area contributed by atoms with Gasteiger partial charge in [-0.25, -0.2) is 24.6 Å². The number of benzene rings is 3. The van der Waals surface area contributed by atoms with Crippen molar-refractivity contribution in [3.05, 3.63) is 95.3 Å². The molecule has 460 valence electrons. The second-order valence-electron chi connectivity index (χ2n) is 19.2. The number of carbonyl (C=O) groups is 6. The molecule has 5 amide bonds. The van der Waals surface area contributed by atoms with Crippen molar-refractivity contribution in [1.82, 2.24) is 56.5 Å². The quantitative estimate of drug-likeness (QED) is 0.0274. The average molecular weight is 1190 g/mol. The molecule has 0 radical (unpaired) electrons. The third kappa shape index (κ3) is 19.3. The normalized spacial score (nSPS) is 12.9. The number of hydrazine groups is 1. The fourth-order valence-corrected chi connectivity index (χ4v) is 8.63. The summed E-state index contributed by atoms with van der Waals surface area (Å²) in [5, 5.41) is 28.9. The minimum Gasteiger partial charge on any atom is -0.484 e. The van der Waals surface area contributed by atoms with Crippen LogP contribution in [0.2, 0.25) is 0 Å². The van der Waals surface area contributed by atoms with Crippen LogP contribution in [-0.2, 0) is 49.3 Å². The molecule has 0 saturated carbocycles. The van der Waals surface area contributed by atoms with E-state index < -0.39 is 23.9 Å². The van der Waals surface area contributed by atoms with Crippen LogP contribution in [0.15, 0.2) is 72.9 Å². The highest BCUT2D eigenvalue weighted by Gasteiger charge is 2.35. The summed E-state index contributed by atoms with van der Waals surface area (Å²) < 4.78 is 38.1. The first-order valence-electron chi connectivity index (χ1n) is 27.9. The van der Waals surface area contributed by atoms with Gasteiger partial charge in [0, 0.05) is 69.1 Å². The molecule has 1 unspecified atom stereocenters. The summed E-state index contributed by atoms with van der Waals surface area (Å²) in [7, 11) is 3.30. The maximum Gasteiger partial charge on any atom is 0.333 e. The van der Waals surface area contributed by atoms with Crippen molar-refractivity contribution in [3.63, 3.8) is 0 Å². The Hall–Kier alpha value is -8.97. The van der Waals surface area contributed by atoms with Gasteiger partial charge in [-0.2, -0.15) is 15.1 Å². The lowest BCUT2D eigenvalue weighted by molar-refractivity contribution is -0.139. The molecule has 1 saturated heterocycles. The second-order valence-corrected chi connectivity index (χ2v) is 19.2. The minimum absolute atomic E-state index is 0.0136. The van der Waals surface area contributed by atoms with Crippen LogP contribution in [0.25, 0.3) is 33.7 Å². The molecule has 1 atom stereocenters. The van der Waals surface area contributed by atoms with Crippen molar-refractivity contribution < 1.29 is 67.0 Å². The second kappa shape index (κ2) is 33.5. The molecule has 0 spiro atoms. The highest BCUT2D eigenvalue weighted by atomic mass is 16.6. The van der Waals surface area contributed by atoms with Gasteiger partial charge in [0.1, 0.15) is 17.5 Å². The van der Waals surface area contributed by atoms with Crippen LogP contribution < -0.4 is 47.8 Å². The summed E-state index contributed by atoms with van der Waals surface area (Å²) in [6, 6.07) is 17.3. The maximum absolute atomic E-state index is 13.7. The van der Waals surface area contributed by atoms with Crippen LogP contribution in [0.4, 0.5) is 27.9 Å². The lowest BCUT2D eigenvalue weighted by Gasteiger charge is -2.27. The monoisotopic (exact) mass is 1190 g/mol. The Labute approximate surface area is 495 Å². The third-order valence-electron chi connectivity index (χ3n) is 13.0. The topological polar surface area (TPSA) is 386 Å². The van der Waals surface area contributed by atoms with Crippen LogP contribution in [-0.4, -0.2) is 201 Å². The zero-order valence-corrected chi connectivity index (χ0v) is 48.2. The van der Waals surface area contributed by atoms with Crippen LogP contribution in [0.1, 0.15) is 58.2 Å². The van der Waals surface area contributed by atoms with Crippen LogP contribution >= 0.6 is 0 Å². The molecule has 0 bridgehead atoms. The molecule has 8 rings (SSSR count). The molecule has 4 heterocycles. The molecule has 29 nitrogen and oxygen atoms in total. The number of amides is 5. The molecule has 3 aromatic heterocycles. The molecule has 1 aliphatic heterocycles. The molecular formula is C57H73N15O14. The fraction of sp³-hybridized carbons (Fsp3) is 0.421. The number of urea groups is 1. The van der Waals surface area contributed by atoms with E-state index in [1.807, 2.05) is 18.0 Å². The summed E-state index contributed by atoms with van der Waals surface area (Å²) in [4.78, 5) is 92.4. The van der Waals surface area contributed by atoms with Crippen molar-refractivity contribution in [2.75, 3.05) is 141 Å². The van der Waals surface area contributed by atoms with Gasteiger partial charge >= 0.3 is 12.0 Å². The third-order valence-corrected chi connectivity index (χ3v) is 13.0. The van der Waals surface area contributed by atoms with E-state index in [1.54, 1.807) is 71.9 Å². The van der Waals surface area contributed by atoms with Gasteiger partial charge in [-0.3, -0.25) is 29.7 Å². The van der Waals surface area contributed by atoms with Crippen LogP contribution in [0.5, 0.6) is 5.75 Å². The van der Waals surface area contributed by atoms with Gasteiger partial charge in [0.15, 0.2) is 29.4 Å². The molecule has 2 aliphatic rings. The number of carboxylic acid groups (broad SMARTS) is 1. The number of carbonyl (C=O) groups excluding carboxylic acids is 5. The fourth-order valence-electron chi connectivity index (χ4n) is 8.63. The summed E-state index contributed by atoms with van der Waals surface area (Å²) in [6.07, 6.45) is 2.54. The highest BCUT2D eigenvalue weighted by Crippen LogP contribution is 2.43. The number of morpholine rings is 1. The van der Waals surface area contributed by atoms with Gasteiger partial charge in [0.05, 0.1) is 114 Å². The maximum atomic E-state index is 13.7. The number of nitrogens with one attached hydrogen (secondary N) is 6. The van der Waals surface area contributed by atoms with Crippen LogP contribution in [0, 0.1) is 0 Å². The lowest BCUT2D eigenvalue weighted by Crippen LogP contribution is -2.49. The Balaban J connectivity index is 0.000000269. The van der Waals surface area contributed by atoms with Crippen LogP contribution in [0.3, 0.4) is 0 Å². The number of aromatic nitrogens is 6. The number of carboxylic acids is 1. The number of ether oxygens (including phenoxy) is 7. The number of hydrogen-bond acceptors (Lipinski definition) is 22. The smallest absolute Gasteiger partial charge is 0.333 e. The summed E-state index contributed by atoms with van der Waals surface area (Å²) in [5.74, 6) is -1.93.